The first-order chi connectivity index (χ1) is 11.9. The first-order valence-corrected chi connectivity index (χ1v) is 8.76. The number of aliphatic hydroxyl groups excluding tert-OH is 1. The van der Waals surface area contributed by atoms with Crippen LogP contribution in [0.3, 0.4) is 0 Å². The van der Waals surface area contributed by atoms with E-state index in [1.54, 1.807) is 6.20 Å². The van der Waals surface area contributed by atoms with Crippen molar-refractivity contribution < 1.29 is 5.11 Å². The first-order valence-electron chi connectivity index (χ1n) is 8.76. The minimum Gasteiger partial charge on any atom is -0.391 e. The number of aliphatic hydroxyl groups is 1. The molecule has 1 N–H and O–H groups in total. The zero-order valence-corrected chi connectivity index (χ0v) is 15.0. The van der Waals surface area contributed by atoms with Crippen molar-refractivity contribution in [1.29, 1.82) is 0 Å². The Labute approximate surface area is 147 Å². The highest BCUT2D eigenvalue weighted by Crippen LogP contribution is 2.28. The molecular weight excluding hydrogens is 316 g/mol. The Kier molecular flexibility index (Phi) is 3.83. The van der Waals surface area contributed by atoms with Gasteiger partial charge in [0.25, 0.3) is 0 Å². The largest absolute Gasteiger partial charge is 0.391 e. The predicted octanol–water partition coefficient (Wildman–Crippen LogP) is 1.66. The molecule has 2 aliphatic rings. The van der Waals surface area contributed by atoms with Gasteiger partial charge in [0.2, 0.25) is 5.95 Å². The maximum Gasteiger partial charge on any atom is 0.227 e. The minimum absolute atomic E-state index is 0.0601. The fourth-order valence-electron chi connectivity index (χ4n) is 3.27. The maximum atomic E-state index is 9.74. The van der Waals surface area contributed by atoms with Gasteiger partial charge in [0.1, 0.15) is 11.6 Å². The molecular formula is C18H24N6O. The molecule has 0 saturated carbocycles. The van der Waals surface area contributed by atoms with Crippen LogP contribution < -0.4 is 9.80 Å². The van der Waals surface area contributed by atoms with Crippen molar-refractivity contribution in [2.24, 2.45) is 0 Å². The Morgan fingerprint density at radius 3 is 2.68 bits per heavy atom. The third-order valence-electron chi connectivity index (χ3n) is 4.73. The molecule has 7 heteroatoms. The summed E-state index contributed by atoms with van der Waals surface area (Å²) in [6, 6.07) is 1.91. The Balaban J connectivity index is 1.55. The van der Waals surface area contributed by atoms with Gasteiger partial charge in [-0.1, -0.05) is 20.8 Å². The molecule has 1 atom stereocenters. The summed E-state index contributed by atoms with van der Waals surface area (Å²) < 4.78 is 0. The summed E-state index contributed by atoms with van der Waals surface area (Å²) in [5, 5.41) is 9.74. The summed E-state index contributed by atoms with van der Waals surface area (Å²) in [4.78, 5) is 22.7. The van der Waals surface area contributed by atoms with Gasteiger partial charge in [-0.25, -0.2) is 15.0 Å². The van der Waals surface area contributed by atoms with Gasteiger partial charge in [0, 0.05) is 43.0 Å². The number of aromatic nitrogens is 4. The average molecular weight is 340 g/mol. The Morgan fingerprint density at radius 1 is 1.12 bits per heavy atom. The number of nitrogens with zero attached hydrogens (tertiary/aromatic N) is 6. The van der Waals surface area contributed by atoms with E-state index in [1.165, 1.54) is 0 Å². The topological polar surface area (TPSA) is 78.3 Å². The lowest BCUT2D eigenvalue weighted by atomic mass is 9.95. The number of β-amino-alcohol motifs (C(OH)–C–C–N with tert-alkyl or cyclic N) is 1. The van der Waals surface area contributed by atoms with Gasteiger partial charge in [0.05, 0.1) is 18.3 Å². The minimum atomic E-state index is -0.263. The SMILES string of the molecule is CC(C)(C)c1ncc2c(n1)CN(c1nccc(N3CC[C@H](O)C3)n1)C2. The quantitative estimate of drug-likeness (QED) is 0.890. The molecule has 1 saturated heterocycles. The van der Waals surface area contributed by atoms with Crippen LogP contribution in [0.1, 0.15) is 44.3 Å². The van der Waals surface area contributed by atoms with Crippen molar-refractivity contribution in [3.05, 3.63) is 35.5 Å². The fraction of sp³-hybridized carbons (Fsp3) is 0.556. The molecule has 4 heterocycles. The van der Waals surface area contributed by atoms with E-state index in [2.05, 4.69) is 40.5 Å². The van der Waals surface area contributed by atoms with Gasteiger partial charge < -0.3 is 14.9 Å². The lowest BCUT2D eigenvalue weighted by molar-refractivity contribution is 0.198. The highest BCUT2D eigenvalue weighted by Gasteiger charge is 2.27. The van der Waals surface area contributed by atoms with Crippen molar-refractivity contribution in [2.45, 2.75) is 51.8 Å². The molecule has 0 unspecified atom stereocenters. The van der Waals surface area contributed by atoms with E-state index in [0.29, 0.717) is 19.0 Å². The maximum absolute atomic E-state index is 9.74. The van der Waals surface area contributed by atoms with Crippen molar-refractivity contribution >= 4 is 11.8 Å². The molecule has 0 radical (unpaired) electrons. The van der Waals surface area contributed by atoms with Crippen molar-refractivity contribution in [3.63, 3.8) is 0 Å². The van der Waals surface area contributed by atoms with Crippen LogP contribution in [-0.2, 0) is 18.5 Å². The molecule has 0 aromatic carbocycles. The van der Waals surface area contributed by atoms with Crippen LogP contribution in [0.4, 0.5) is 11.8 Å². The number of rotatable bonds is 2. The Bertz CT molecular complexity index is 787. The third-order valence-corrected chi connectivity index (χ3v) is 4.73. The molecule has 2 aliphatic heterocycles. The molecule has 4 rings (SSSR count). The van der Waals surface area contributed by atoms with Crippen molar-refractivity contribution in [1.82, 2.24) is 19.9 Å². The zero-order valence-electron chi connectivity index (χ0n) is 15.0. The molecule has 7 nitrogen and oxygen atoms in total. The van der Waals surface area contributed by atoms with E-state index in [9.17, 15) is 5.11 Å². The molecule has 2 aromatic heterocycles. The van der Waals surface area contributed by atoms with Crippen LogP contribution >= 0.6 is 0 Å². The second-order valence-corrected chi connectivity index (χ2v) is 7.87. The Hall–Kier alpha value is -2.28. The van der Waals surface area contributed by atoms with E-state index in [-0.39, 0.29) is 11.5 Å². The normalized spacial score (nSPS) is 20.2. The van der Waals surface area contributed by atoms with Gasteiger partial charge in [-0.05, 0) is 12.5 Å². The van der Waals surface area contributed by atoms with Gasteiger partial charge in [-0.15, -0.1) is 0 Å². The van der Waals surface area contributed by atoms with Crippen LogP contribution in [0.2, 0.25) is 0 Å². The second-order valence-electron chi connectivity index (χ2n) is 7.87. The van der Waals surface area contributed by atoms with E-state index < -0.39 is 0 Å². The highest BCUT2D eigenvalue weighted by molar-refractivity contribution is 5.47. The fourth-order valence-corrected chi connectivity index (χ4v) is 3.27. The Morgan fingerprint density at radius 2 is 1.96 bits per heavy atom. The summed E-state index contributed by atoms with van der Waals surface area (Å²) in [5.41, 5.74) is 2.14. The molecule has 0 spiro atoms. The van der Waals surface area contributed by atoms with Gasteiger partial charge >= 0.3 is 0 Å². The molecule has 132 valence electrons. The van der Waals surface area contributed by atoms with Crippen LogP contribution in [0.5, 0.6) is 0 Å². The summed E-state index contributed by atoms with van der Waals surface area (Å²) in [5.74, 6) is 2.45. The van der Waals surface area contributed by atoms with Gasteiger partial charge in [0.15, 0.2) is 0 Å². The monoisotopic (exact) mass is 340 g/mol. The highest BCUT2D eigenvalue weighted by atomic mass is 16.3. The lowest BCUT2D eigenvalue weighted by Gasteiger charge is -2.20. The van der Waals surface area contributed by atoms with Crippen LogP contribution in [0.25, 0.3) is 0 Å². The second kappa shape index (κ2) is 5.91. The van der Waals surface area contributed by atoms with Gasteiger partial charge in [-0.2, -0.15) is 4.98 Å². The number of hydrogen-bond acceptors (Lipinski definition) is 7. The van der Waals surface area contributed by atoms with E-state index in [0.717, 1.165) is 42.4 Å². The molecule has 0 amide bonds. The van der Waals surface area contributed by atoms with Crippen molar-refractivity contribution in [3.8, 4) is 0 Å². The molecule has 0 bridgehead atoms. The summed E-state index contributed by atoms with van der Waals surface area (Å²) in [6.07, 6.45) is 4.25. The molecule has 25 heavy (non-hydrogen) atoms. The van der Waals surface area contributed by atoms with Crippen LogP contribution in [0, 0.1) is 0 Å². The van der Waals surface area contributed by atoms with E-state index >= 15 is 0 Å². The van der Waals surface area contributed by atoms with Gasteiger partial charge in [-0.3, -0.25) is 0 Å². The molecule has 1 fully saturated rings. The molecule has 2 aromatic rings. The number of hydrogen-bond donors (Lipinski definition) is 1. The number of fused-ring (bicyclic) bond motifs is 1. The summed E-state index contributed by atoms with van der Waals surface area (Å²) in [7, 11) is 0. The first kappa shape index (κ1) is 16.2. The third kappa shape index (κ3) is 3.16. The lowest BCUT2D eigenvalue weighted by Crippen LogP contribution is -2.24. The van der Waals surface area contributed by atoms with E-state index in [1.807, 2.05) is 12.3 Å². The van der Waals surface area contributed by atoms with Crippen molar-refractivity contribution in [2.75, 3.05) is 22.9 Å². The average Bonchev–Trinajstić information content (AvgIpc) is 3.19. The summed E-state index contributed by atoms with van der Waals surface area (Å²) in [6.45, 7) is 9.27. The van der Waals surface area contributed by atoms with E-state index in [4.69, 9.17) is 9.97 Å². The zero-order chi connectivity index (χ0) is 17.6. The molecule has 0 aliphatic carbocycles. The van der Waals surface area contributed by atoms with Crippen LogP contribution in [0.15, 0.2) is 18.5 Å². The predicted molar refractivity (Wildman–Crippen MR) is 95.5 cm³/mol. The standard InChI is InChI=1S/C18H24N6O/c1-18(2,3)16-20-8-12-9-24(11-14(12)21-16)17-19-6-4-15(22-17)23-7-5-13(25)10-23/h4,6,8,13,25H,5,7,9-11H2,1-3H3/t13-/m0/s1. The van der Waals surface area contributed by atoms with Crippen LogP contribution in [-0.4, -0.2) is 44.2 Å². The summed E-state index contributed by atoms with van der Waals surface area (Å²) >= 11 is 0. The number of anilines is 2. The smallest absolute Gasteiger partial charge is 0.227 e.